The van der Waals surface area contributed by atoms with Crippen molar-refractivity contribution in [3.05, 3.63) is 40.8 Å². The Balaban J connectivity index is 2.62. The van der Waals surface area contributed by atoms with E-state index in [-0.39, 0.29) is 5.63 Å². The Labute approximate surface area is 91.3 Å². The van der Waals surface area contributed by atoms with Crippen molar-refractivity contribution in [2.45, 2.75) is 4.90 Å². The number of thioether (sulfide) groups is 1. The first-order chi connectivity index (χ1) is 7.31. The van der Waals surface area contributed by atoms with E-state index < -0.39 is 0 Å². The van der Waals surface area contributed by atoms with Crippen LogP contribution in [0.2, 0.25) is 0 Å². The van der Waals surface area contributed by atoms with Gasteiger partial charge in [-0.2, -0.15) is 0 Å². The number of rotatable bonds is 2. The van der Waals surface area contributed by atoms with Gasteiger partial charge in [0.1, 0.15) is 5.58 Å². The highest BCUT2D eigenvalue weighted by molar-refractivity contribution is 7.99. The minimum absolute atomic E-state index is 0.340. The van der Waals surface area contributed by atoms with E-state index in [1.165, 1.54) is 17.8 Å². The molecule has 0 saturated carbocycles. The van der Waals surface area contributed by atoms with Gasteiger partial charge in [0, 0.05) is 16.3 Å². The minimum atomic E-state index is -0.340. The molecule has 0 bridgehead atoms. The highest BCUT2D eigenvalue weighted by Crippen LogP contribution is 2.25. The molecule has 0 spiro atoms. The van der Waals surface area contributed by atoms with Crippen molar-refractivity contribution in [2.24, 2.45) is 0 Å². The first-order valence-electron chi connectivity index (χ1n) is 4.40. The molecule has 0 amide bonds. The minimum Gasteiger partial charge on any atom is -0.423 e. The van der Waals surface area contributed by atoms with Crippen LogP contribution in [0.1, 0.15) is 0 Å². The largest absolute Gasteiger partial charge is 0.423 e. The quantitative estimate of drug-likeness (QED) is 0.439. The Morgan fingerprint density at radius 1 is 1.40 bits per heavy atom. The standard InChI is InChI=1S/C12H8O2S/c1-2-7-15-11-8-12(13)14-10-6-4-3-5-9(10)11/h1,3-6,8H,7H2. The van der Waals surface area contributed by atoms with E-state index in [0.717, 1.165) is 10.3 Å². The molecule has 2 rings (SSSR count). The second-order valence-corrected chi connectivity index (χ2v) is 3.94. The molecule has 1 aromatic carbocycles. The van der Waals surface area contributed by atoms with Gasteiger partial charge < -0.3 is 4.42 Å². The van der Waals surface area contributed by atoms with E-state index in [0.29, 0.717) is 11.3 Å². The molecule has 2 aromatic rings. The van der Waals surface area contributed by atoms with Crippen molar-refractivity contribution in [3.63, 3.8) is 0 Å². The lowest BCUT2D eigenvalue weighted by Gasteiger charge is -2.01. The summed E-state index contributed by atoms with van der Waals surface area (Å²) in [6, 6.07) is 8.90. The smallest absolute Gasteiger partial charge is 0.337 e. The van der Waals surface area contributed by atoms with E-state index in [4.69, 9.17) is 10.8 Å². The molecule has 0 aliphatic heterocycles. The topological polar surface area (TPSA) is 30.2 Å². The molecular weight excluding hydrogens is 208 g/mol. The van der Waals surface area contributed by atoms with Crippen LogP contribution < -0.4 is 5.63 Å². The van der Waals surface area contributed by atoms with Gasteiger partial charge in [0.15, 0.2) is 0 Å². The third kappa shape index (κ3) is 2.05. The molecule has 0 aliphatic carbocycles. The lowest BCUT2D eigenvalue weighted by molar-refractivity contribution is 0.557. The van der Waals surface area contributed by atoms with Crippen LogP contribution in [0.5, 0.6) is 0 Å². The molecule has 0 radical (unpaired) electrons. The van der Waals surface area contributed by atoms with Gasteiger partial charge in [-0.05, 0) is 6.07 Å². The Bertz CT molecular complexity index is 578. The van der Waals surface area contributed by atoms with Gasteiger partial charge in [0.25, 0.3) is 0 Å². The van der Waals surface area contributed by atoms with Crippen molar-refractivity contribution in [3.8, 4) is 12.3 Å². The first-order valence-corrected chi connectivity index (χ1v) is 5.39. The molecule has 0 N–H and O–H groups in total. The summed E-state index contributed by atoms with van der Waals surface area (Å²) in [5, 5.41) is 0.928. The fraction of sp³-hybridized carbons (Fsp3) is 0.0833. The second kappa shape index (κ2) is 4.24. The van der Waals surface area contributed by atoms with Crippen LogP contribution in [0.4, 0.5) is 0 Å². The van der Waals surface area contributed by atoms with E-state index in [1.807, 2.05) is 18.2 Å². The zero-order valence-electron chi connectivity index (χ0n) is 7.90. The number of benzene rings is 1. The van der Waals surface area contributed by atoms with Gasteiger partial charge in [-0.15, -0.1) is 18.2 Å². The van der Waals surface area contributed by atoms with Crippen molar-refractivity contribution in [1.29, 1.82) is 0 Å². The van der Waals surface area contributed by atoms with E-state index in [1.54, 1.807) is 6.07 Å². The van der Waals surface area contributed by atoms with Crippen molar-refractivity contribution in [2.75, 3.05) is 5.75 Å². The molecule has 0 atom stereocenters. The summed E-state index contributed by atoms with van der Waals surface area (Å²) in [4.78, 5) is 12.1. The molecule has 2 nitrogen and oxygen atoms in total. The maximum absolute atomic E-state index is 11.2. The summed E-state index contributed by atoms with van der Waals surface area (Å²) in [6.45, 7) is 0. The fourth-order valence-corrected chi connectivity index (χ4v) is 2.06. The number of hydrogen-bond donors (Lipinski definition) is 0. The van der Waals surface area contributed by atoms with Crippen LogP contribution >= 0.6 is 11.8 Å². The lowest BCUT2D eigenvalue weighted by atomic mass is 10.2. The summed E-state index contributed by atoms with van der Waals surface area (Å²) < 4.78 is 5.06. The number of terminal acetylenes is 1. The molecule has 15 heavy (non-hydrogen) atoms. The molecule has 1 heterocycles. The summed E-state index contributed by atoms with van der Waals surface area (Å²) in [5.41, 5.74) is 0.262. The summed E-state index contributed by atoms with van der Waals surface area (Å²) in [6.07, 6.45) is 5.19. The number of hydrogen-bond acceptors (Lipinski definition) is 3. The zero-order chi connectivity index (χ0) is 10.7. The molecule has 0 aliphatic rings. The molecule has 0 saturated heterocycles. The molecule has 74 valence electrons. The van der Waals surface area contributed by atoms with E-state index >= 15 is 0 Å². The SMILES string of the molecule is C#CCSc1cc(=O)oc2ccccc12. The van der Waals surface area contributed by atoms with Gasteiger partial charge in [-0.1, -0.05) is 24.1 Å². The van der Waals surface area contributed by atoms with E-state index in [9.17, 15) is 4.79 Å². The Morgan fingerprint density at radius 2 is 2.20 bits per heavy atom. The van der Waals surface area contributed by atoms with Crippen LogP contribution in [-0.4, -0.2) is 5.75 Å². The van der Waals surface area contributed by atoms with E-state index in [2.05, 4.69) is 5.92 Å². The van der Waals surface area contributed by atoms with Gasteiger partial charge >= 0.3 is 5.63 Å². The van der Waals surface area contributed by atoms with Crippen LogP contribution in [0.3, 0.4) is 0 Å². The Morgan fingerprint density at radius 3 is 3.00 bits per heavy atom. The van der Waals surface area contributed by atoms with Crippen LogP contribution in [0, 0.1) is 12.3 Å². The maximum Gasteiger partial charge on any atom is 0.337 e. The number of para-hydroxylation sites is 1. The molecular formula is C12H8O2S. The predicted octanol–water partition coefficient (Wildman–Crippen LogP) is 2.52. The second-order valence-electron chi connectivity index (χ2n) is 2.92. The van der Waals surface area contributed by atoms with Crippen molar-refractivity contribution >= 4 is 22.7 Å². The Kier molecular flexibility index (Phi) is 2.79. The van der Waals surface area contributed by atoms with Crippen LogP contribution in [0.15, 0.2) is 44.4 Å². The fourth-order valence-electron chi connectivity index (χ4n) is 1.32. The van der Waals surface area contributed by atoms with Crippen molar-refractivity contribution in [1.82, 2.24) is 0 Å². The average molecular weight is 216 g/mol. The molecule has 3 heteroatoms. The third-order valence-electron chi connectivity index (χ3n) is 1.92. The average Bonchev–Trinajstić information content (AvgIpc) is 2.25. The number of fused-ring (bicyclic) bond motifs is 1. The predicted molar refractivity (Wildman–Crippen MR) is 62.0 cm³/mol. The normalized spacial score (nSPS) is 10.1. The monoisotopic (exact) mass is 216 g/mol. The van der Waals surface area contributed by atoms with Crippen LogP contribution in [0.25, 0.3) is 11.0 Å². The highest BCUT2D eigenvalue weighted by atomic mass is 32.2. The summed E-state index contributed by atoms with van der Waals surface area (Å²) in [7, 11) is 0. The van der Waals surface area contributed by atoms with Gasteiger partial charge in [-0.3, -0.25) is 0 Å². The highest BCUT2D eigenvalue weighted by Gasteiger charge is 2.04. The molecule has 0 unspecified atom stereocenters. The maximum atomic E-state index is 11.2. The molecule has 1 aromatic heterocycles. The Hall–Kier alpha value is -1.66. The lowest BCUT2D eigenvalue weighted by Crippen LogP contribution is -1.97. The van der Waals surface area contributed by atoms with Gasteiger partial charge in [-0.25, -0.2) is 4.79 Å². The van der Waals surface area contributed by atoms with Crippen molar-refractivity contribution < 1.29 is 4.42 Å². The summed E-state index contributed by atoms with van der Waals surface area (Å²) in [5.74, 6) is 3.08. The molecule has 0 fully saturated rings. The summed E-state index contributed by atoms with van der Waals surface area (Å²) >= 11 is 1.47. The zero-order valence-corrected chi connectivity index (χ0v) is 8.71. The third-order valence-corrected chi connectivity index (χ3v) is 2.88. The van der Waals surface area contributed by atoms with Gasteiger partial charge in [0.05, 0.1) is 5.75 Å². The first kappa shape index (κ1) is 9.88. The van der Waals surface area contributed by atoms with Gasteiger partial charge in [0.2, 0.25) is 0 Å². The van der Waals surface area contributed by atoms with Crippen LogP contribution in [-0.2, 0) is 0 Å².